The van der Waals surface area contributed by atoms with Crippen molar-refractivity contribution in [3.8, 4) is 0 Å². The summed E-state index contributed by atoms with van der Waals surface area (Å²) in [7, 11) is 0. The van der Waals surface area contributed by atoms with Gasteiger partial charge in [0.05, 0.1) is 23.8 Å². The third kappa shape index (κ3) is 4.37. The van der Waals surface area contributed by atoms with E-state index >= 15 is 0 Å². The minimum atomic E-state index is -0.599. The molecule has 0 atom stereocenters. The number of carbonyl (C=O) groups is 2. The van der Waals surface area contributed by atoms with Crippen LogP contribution in [0.3, 0.4) is 0 Å². The summed E-state index contributed by atoms with van der Waals surface area (Å²) in [5.74, 6) is -1.13. The normalized spacial score (nSPS) is 10.8. The van der Waals surface area contributed by atoms with Gasteiger partial charge in [0, 0.05) is 17.6 Å². The second-order valence-corrected chi connectivity index (χ2v) is 7.57. The molecular formula is C18H17ClN4O4S. The molecule has 0 spiro atoms. The number of nitrogens with zero attached hydrogens (tertiary/aromatic N) is 3. The number of anilines is 1. The summed E-state index contributed by atoms with van der Waals surface area (Å²) in [5.41, 5.74) is 1.04. The quantitative estimate of drug-likeness (QED) is 0.485. The van der Waals surface area contributed by atoms with Crippen molar-refractivity contribution in [2.45, 2.75) is 26.8 Å². The summed E-state index contributed by atoms with van der Waals surface area (Å²) in [6.07, 6.45) is 2.85. The number of esters is 1. The number of ether oxygens (including phenoxy) is 1. The predicted octanol–water partition coefficient (Wildman–Crippen LogP) is 2.70. The number of aromatic nitrogens is 3. The lowest BCUT2D eigenvalue weighted by Crippen LogP contribution is -2.24. The first-order chi connectivity index (χ1) is 13.4. The number of rotatable bonds is 6. The van der Waals surface area contributed by atoms with Crippen LogP contribution in [0.15, 0.2) is 29.5 Å². The van der Waals surface area contributed by atoms with Gasteiger partial charge in [0.25, 0.3) is 11.5 Å². The summed E-state index contributed by atoms with van der Waals surface area (Å²) in [5, 5.41) is 3.22. The van der Waals surface area contributed by atoms with Crippen LogP contribution in [-0.4, -0.2) is 33.0 Å². The Bertz CT molecular complexity index is 1110. The van der Waals surface area contributed by atoms with Gasteiger partial charge in [-0.3, -0.25) is 19.0 Å². The standard InChI is InChI=1S/C18H17ClN4O4S/c1-10-11(2)28-17-15(10)18(26)23(9-21-17)7-5-14(25)27-8-13(24)22-12-4-3-6-20-16(12)19/h3-4,6,9H,5,7-8H2,1-2H3,(H,22,24). The van der Waals surface area contributed by atoms with Crippen LogP contribution in [-0.2, 0) is 20.9 Å². The maximum absolute atomic E-state index is 12.6. The highest BCUT2D eigenvalue weighted by Crippen LogP contribution is 2.25. The number of aryl methyl sites for hydroxylation is 3. The first kappa shape index (κ1) is 20.0. The molecule has 0 bridgehead atoms. The third-order valence-electron chi connectivity index (χ3n) is 4.11. The highest BCUT2D eigenvalue weighted by molar-refractivity contribution is 7.18. The zero-order valence-electron chi connectivity index (χ0n) is 15.2. The lowest BCUT2D eigenvalue weighted by Gasteiger charge is -2.08. The summed E-state index contributed by atoms with van der Waals surface area (Å²) >= 11 is 7.31. The van der Waals surface area contributed by atoms with E-state index in [-0.39, 0.29) is 23.7 Å². The average molecular weight is 421 g/mol. The maximum atomic E-state index is 12.6. The highest BCUT2D eigenvalue weighted by atomic mass is 35.5. The molecule has 3 aromatic heterocycles. The van der Waals surface area contributed by atoms with E-state index in [0.29, 0.717) is 15.9 Å². The van der Waals surface area contributed by atoms with Gasteiger partial charge in [0.1, 0.15) is 4.83 Å². The summed E-state index contributed by atoms with van der Waals surface area (Å²) in [4.78, 5) is 46.2. The number of nitrogens with one attached hydrogen (secondary N) is 1. The third-order valence-corrected chi connectivity index (χ3v) is 5.53. The number of thiophene rings is 1. The van der Waals surface area contributed by atoms with Crippen LogP contribution in [0.5, 0.6) is 0 Å². The van der Waals surface area contributed by atoms with Crippen molar-refractivity contribution >= 4 is 50.7 Å². The van der Waals surface area contributed by atoms with E-state index in [1.165, 1.54) is 28.4 Å². The molecule has 1 N–H and O–H groups in total. The van der Waals surface area contributed by atoms with Gasteiger partial charge in [0.2, 0.25) is 0 Å². The van der Waals surface area contributed by atoms with Crippen LogP contribution >= 0.6 is 22.9 Å². The number of hydrogen-bond donors (Lipinski definition) is 1. The number of fused-ring (bicyclic) bond motifs is 1. The molecule has 0 aromatic carbocycles. The molecule has 3 heterocycles. The zero-order chi connectivity index (χ0) is 20.3. The van der Waals surface area contributed by atoms with Crippen molar-refractivity contribution in [3.05, 3.63) is 50.6 Å². The van der Waals surface area contributed by atoms with E-state index in [0.717, 1.165) is 10.4 Å². The van der Waals surface area contributed by atoms with Gasteiger partial charge in [-0.15, -0.1) is 11.3 Å². The van der Waals surface area contributed by atoms with Crippen molar-refractivity contribution in [3.63, 3.8) is 0 Å². The lowest BCUT2D eigenvalue weighted by molar-refractivity contribution is -0.147. The molecule has 10 heteroatoms. The lowest BCUT2D eigenvalue weighted by atomic mass is 10.2. The zero-order valence-corrected chi connectivity index (χ0v) is 16.8. The molecule has 146 valence electrons. The number of carbonyl (C=O) groups excluding carboxylic acids is 2. The van der Waals surface area contributed by atoms with E-state index in [1.54, 1.807) is 12.1 Å². The van der Waals surface area contributed by atoms with Gasteiger partial charge in [0.15, 0.2) is 11.8 Å². The van der Waals surface area contributed by atoms with Gasteiger partial charge in [-0.1, -0.05) is 11.6 Å². The molecule has 0 aliphatic carbocycles. The van der Waals surface area contributed by atoms with Crippen LogP contribution in [0.2, 0.25) is 5.15 Å². The SMILES string of the molecule is Cc1sc2ncn(CCC(=O)OCC(=O)Nc3cccnc3Cl)c(=O)c2c1C. The Hall–Kier alpha value is -2.78. The van der Waals surface area contributed by atoms with Crippen LogP contribution < -0.4 is 10.9 Å². The number of halogens is 1. The number of amides is 1. The number of pyridine rings is 1. The van der Waals surface area contributed by atoms with Crippen LogP contribution in [0, 0.1) is 13.8 Å². The molecule has 0 unspecified atom stereocenters. The van der Waals surface area contributed by atoms with E-state index in [2.05, 4.69) is 15.3 Å². The Labute approximate surface area is 169 Å². The molecule has 3 aromatic rings. The first-order valence-electron chi connectivity index (χ1n) is 8.38. The molecule has 3 rings (SSSR count). The molecule has 0 fully saturated rings. The largest absolute Gasteiger partial charge is 0.456 e. The molecule has 0 saturated carbocycles. The molecule has 0 aliphatic heterocycles. The molecule has 28 heavy (non-hydrogen) atoms. The molecule has 0 aliphatic rings. The van der Waals surface area contributed by atoms with E-state index in [9.17, 15) is 14.4 Å². The van der Waals surface area contributed by atoms with E-state index in [4.69, 9.17) is 16.3 Å². The Morgan fingerprint density at radius 2 is 2.11 bits per heavy atom. The smallest absolute Gasteiger partial charge is 0.308 e. The minimum absolute atomic E-state index is 0.0593. The number of hydrogen-bond acceptors (Lipinski definition) is 7. The second kappa shape index (κ2) is 8.49. The van der Waals surface area contributed by atoms with Gasteiger partial charge in [-0.2, -0.15) is 0 Å². The van der Waals surface area contributed by atoms with Crippen molar-refractivity contribution in [1.29, 1.82) is 0 Å². The monoisotopic (exact) mass is 420 g/mol. The van der Waals surface area contributed by atoms with Crippen molar-refractivity contribution in [2.24, 2.45) is 0 Å². The summed E-state index contributed by atoms with van der Waals surface area (Å²) in [6, 6.07) is 3.20. The summed E-state index contributed by atoms with van der Waals surface area (Å²) in [6.45, 7) is 3.47. The van der Waals surface area contributed by atoms with Crippen molar-refractivity contribution in [1.82, 2.24) is 14.5 Å². The fourth-order valence-electron chi connectivity index (χ4n) is 2.52. The molecule has 0 radical (unpaired) electrons. The molecule has 8 nitrogen and oxygen atoms in total. The summed E-state index contributed by atoms with van der Waals surface area (Å²) < 4.78 is 6.32. The Morgan fingerprint density at radius 3 is 2.86 bits per heavy atom. The van der Waals surface area contributed by atoms with E-state index in [1.807, 2.05) is 13.8 Å². The van der Waals surface area contributed by atoms with Gasteiger partial charge < -0.3 is 10.1 Å². The van der Waals surface area contributed by atoms with E-state index < -0.39 is 18.5 Å². The Morgan fingerprint density at radius 1 is 1.32 bits per heavy atom. The Kier molecular flexibility index (Phi) is 6.05. The molecular weight excluding hydrogens is 404 g/mol. The van der Waals surface area contributed by atoms with Crippen LogP contribution in [0.25, 0.3) is 10.2 Å². The fraction of sp³-hybridized carbons (Fsp3) is 0.278. The van der Waals surface area contributed by atoms with Gasteiger partial charge in [-0.25, -0.2) is 9.97 Å². The molecule has 1 amide bonds. The molecule has 0 saturated heterocycles. The van der Waals surface area contributed by atoms with Gasteiger partial charge in [-0.05, 0) is 31.5 Å². The average Bonchev–Trinajstić information content (AvgIpc) is 2.96. The highest BCUT2D eigenvalue weighted by Gasteiger charge is 2.14. The van der Waals surface area contributed by atoms with Gasteiger partial charge >= 0.3 is 5.97 Å². The second-order valence-electron chi connectivity index (χ2n) is 6.01. The first-order valence-corrected chi connectivity index (χ1v) is 9.57. The maximum Gasteiger partial charge on any atom is 0.308 e. The van der Waals surface area contributed by atoms with Crippen molar-refractivity contribution in [2.75, 3.05) is 11.9 Å². The predicted molar refractivity (Wildman–Crippen MR) is 107 cm³/mol. The Balaban J connectivity index is 1.55. The fourth-order valence-corrected chi connectivity index (χ4v) is 3.68. The van der Waals surface area contributed by atoms with Crippen LogP contribution in [0.4, 0.5) is 5.69 Å². The topological polar surface area (TPSA) is 103 Å². The minimum Gasteiger partial charge on any atom is -0.456 e. The van der Waals surface area contributed by atoms with Crippen LogP contribution in [0.1, 0.15) is 16.9 Å². The van der Waals surface area contributed by atoms with Crippen molar-refractivity contribution < 1.29 is 14.3 Å².